The number of fused-ring (bicyclic) bond motifs is 1. The Morgan fingerprint density at radius 3 is 2.71 bits per heavy atom. The number of hydrogen-bond donors (Lipinski definition) is 2. The lowest BCUT2D eigenvalue weighted by atomic mass is 9.71. The lowest BCUT2D eigenvalue weighted by Crippen LogP contribution is -2.60. The Hall–Kier alpha value is -0.850. The molecule has 0 aromatic heterocycles. The van der Waals surface area contributed by atoms with Crippen molar-refractivity contribution in [2.45, 2.75) is 56.1 Å². The van der Waals surface area contributed by atoms with Crippen molar-refractivity contribution in [3.8, 4) is 0 Å². The molecule has 2 heterocycles. The maximum Gasteiger partial charge on any atom is 0.317 e. The van der Waals surface area contributed by atoms with Gasteiger partial charge in [-0.05, 0) is 46.2 Å². The van der Waals surface area contributed by atoms with Gasteiger partial charge in [-0.1, -0.05) is 12.8 Å². The minimum absolute atomic E-state index is 0.00469. The third-order valence-corrected chi connectivity index (χ3v) is 6.66. The molecule has 0 bridgehead atoms. The molecule has 0 spiro atoms. The normalized spacial score (nSPS) is 33.2. The molecule has 3 aliphatic rings. The SMILES string of the molecule is CN(C)C1(CNC(=O)N2CC[C@@]3(O)CCCC[C@H]3C2)CCOCC1. The first-order chi connectivity index (χ1) is 11.5. The molecule has 138 valence electrons. The lowest BCUT2D eigenvalue weighted by molar-refractivity contribution is -0.0873. The summed E-state index contributed by atoms with van der Waals surface area (Å²) in [5.41, 5.74) is -0.532. The zero-order valence-electron chi connectivity index (χ0n) is 15.2. The summed E-state index contributed by atoms with van der Waals surface area (Å²) in [6.07, 6.45) is 6.85. The van der Waals surface area contributed by atoms with Crippen LogP contribution in [0.3, 0.4) is 0 Å². The molecule has 24 heavy (non-hydrogen) atoms. The summed E-state index contributed by atoms with van der Waals surface area (Å²) in [5.74, 6) is 0.247. The van der Waals surface area contributed by atoms with Crippen molar-refractivity contribution in [3.05, 3.63) is 0 Å². The van der Waals surface area contributed by atoms with Gasteiger partial charge in [-0.3, -0.25) is 0 Å². The monoisotopic (exact) mass is 339 g/mol. The standard InChI is InChI=1S/C18H33N3O3/c1-20(2)17(8-11-24-12-9-17)14-19-16(22)21-10-7-18(23)6-4-3-5-15(18)13-21/h15,23H,3-14H2,1-2H3,(H,19,22)/t15-,18-/m0/s1. The van der Waals surface area contributed by atoms with Crippen molar-refractivity contribution in [1.82, 2.24) is 15.1 Å². The molecule has 2 saturated heterocycles. The maximum absolute atomic E-state index is 12.7. The van der Waals surface area contributed by atoms with Crippen LogP contribution in [-0.4, -0.2) is 79.0 Å². The average Bonchev–Trinajstić information content (AvgIpc) is 2.59. The quantitative estimate of drug-likeness (QED) is 0.816. The first-order valence-electron chi connectivity index (χ1n) is 9.46. The molecule has 2 atom stereocenters. The summed E-state index contributed by atoms with van der Waals surface area (Å²) < 4.78 is 5.49. The van der Waals surface area contributed by atoms with Crippen molar-refractivity contribution in [2.24, 2.45) is 5.92 Å². The van der Waals surface area contributed by atoms with Crippen LogP contribution in [0.5, 0.6) is 0 Å². The Balaban J connectivity index is 1.55. The molecule has 1 aliphatic carbocycles. The number of rotatable bonds is 3. The van der Waals surface area contributed by atoms with Gasteiger partial charge in [0.1, 0.15) is 0 Å². The fraction of sp³-hybridized carbons (Fsp3) is 0.944. The number of likely N-dealkylation sites (tertiary alicyclic amines) is 1. The minimum Gasteiger partial charge on any atom is -0.389 e. The third kappa shape index (κ3) is 3.55. The summed E-state index contributed by atoms with van der Waals surface area (Å²) in [5, 5.41) is 13.9. The molecule has 2 amide bonds. The van der Waals surface area contributed by atoms with Crippen molar-refractivity contribution in [2.75, 3.05) is 46.9 Å². The highest BCUT2D eigenvalue weighted by Gasteiger charge is 2.44. The molecule has 0 aromatic rings. The van der Waals surface area contributed by atoms with Gasteiger partial charge in [-0.15, -0.1) is 0 Å². The van der Waals surface area contributed by atoms with Crippen LogP contribution in [0.4, 0.5) is 4.79 Å². The number of carbonyl (C=O) groups excluding carboxylic acids is 1. The largest absolute Gasteiger partial charge is 0.389 e. The Kier molecular flexibility index (Phi) is 5.37. The molecular weight excluding hydrogens is 306 g/mol. The zero-order chi connectivity index (χ0) is 17.2. The predicted octanol–water partition coefficient (Wildman–Crippen LogP) is 1.43. The van der Waals surface area contributed by atoms with Crippen molar-refractivity contribution >= 4 is 6.03 Å². The second kappa shape index (κ2) is 7.18. The number of nitrogens with zero attached hydrogens (tertiary/aromatic N) is 2. The summed E-state index contributed by atoms with van der Waals surface area (Å²) in [6, 6.07) is 0.0235. The molecule has 6 heteroatoms. The van der Waals surface area contributed by atoms with Gasteiger partial charge < -0.3 is 25.0 Å². The second-order valence-corrected chi connectivity index (χ2v) is 8.13. The summed E-state index contributed by atoms with van der Waals surface area (Å²) in [7, 11) is 4.17. The highest BCUT2D eigenvalue weighted by Crippen LogP contribution is 2.39. The van der Waals surface area contributed by atoms with Crippen LogP contribution in [0.1, 0.15) is 44.9 Å². The Labute approximate surface area is 145 Å². The van der Waals surface area contributed by atoms with Crippen molar-refractivity contribution in [3.63, 3.8) is 0 Å². The van der Waals surface area contributed by atoms with E-state index in [-0.39, 0.29) is 17.5 Å². The molecule has 0 radical (unpaired) electrons. The van der Waals surface area contributed by atoms with Gasteiger partial charge in [-0.25, -0.2) is 4.79 Å². The minimum atomic E-state index is -0.527. The van der Waals surface area contributed by atoms with Crippen molar-refractivity contribution < 1.29 is 14.6 Å². The molecule has 3 rings (SSSR count). The number of likely N-dealkylation sites (N-methyl/N-ethyl adjacent to an activating group) is 1. The number of hydrogen-bond acceptors (Lipinski definition) is 4. The molecule has 0 aromatic carbocycles. The van der Waals surface area contributed by atoms with E-state index in [1.54, 1.807) is 0 Å². The molecular formula is C18H33N3O3. The summed E-state index contributed by atoms with van der Waals surface area (Å²) >= 11 is 0. The van der Waals surface area contributed by atoms with E-state index in [1.807, 2.05) is 4.90 Å². The number of nitrogens with one attached hydrogen (secondary N) is 1. The first kappa shape index (κ1) is 18.0. The maximum atomic E-state index is 12.7. The highest BCUT2D eigenvalue weighted by molar-refractivity contribution is 5.74. The fourth-order valence-electron chi connectivity index (χ4n) is 4.64. The van der Waals surface area contributed by atoms with E-state index in [1.165, 1.54) is 6.42 Å². The second-order valence-electron chi connectivity index (χ2n) is 8.13. The van der Waals surface area contributed by atoms with E-state index >= 15 is 0 Å². The topological polar surface area (TPSA) is 65.0 Å². The van der Waals surface area contributed by atoms with E-state index in [9.17, 15) is 9.90 Å². The predicted molar refractivity (Wildman–Crippen MR) is 93.0 cm³/mol. The van der Waals surface area contributed by atoms with Gasteiger partial charge in [0.2, 0.25) is 0 Å². The number of ether oxygens (including phenoxy) is 1. The molecule has 2 N–H and O–H groups in total. The van der Waals surface area contributed by atoms with Crippen molar-refractivity contribution in [1.29, 1.82) is 0 Å². The Bertz CT molecular complexity index is 451. The fourth-order valence-corrected chi connectivity index (χ4v) is 4.64. The average molecular weight is 339 g/mol. The summed E-state index contributed by atoms with van der Waals surface area (Å²) in [6.45, 7) is 3.53. The van der Waals surface area contributed by atoms with Gasteiger partial charge in [0.25, 0.3) is 0 Å². The van der Waals surface area contributed by atoms with Crippen LogP contribution in [0, 0.1) is 5.92 Å². The van der Waals surface area contributed by atoms with E-state index in [2.05, 4.69) is 24.3 Å². The van der Waals surface area contributed by atoms with Crippen LogP contribution in [0.2, 0.25) is 0 Å². The lowest BCUT2D eigenvalue weighted by Gasteiger charge is -2.48. The van der Waals surface area contributed by atoms with E-state index in [0.717, 1.165) is 51.7 Å². The molecule has 0 unspecified atom stereocenters. The third-order valence-electron chi connectivity index (χ3n) is 6.66. The first-order valence-corrected chi connectivity index (χ1v) is 9.46. The zero-order valence-corrected chi connectivity index (χ0v) is 15.2. The molecule has 2 aliphatic heterocycles. The summed E-state index contributed by atoms with van der Waals surface area (Å²) in [4.78, 5) is 16.8. The van der Waals surface area contributed by atoms with Gasteiger partial charge in [0.15, 0.2) is 0 Å². The number of urea groups is 1. The molecule has 3 fully saturated rings. The Morgan fingerprint density at radius 2 is 2.00 bits per heavy atom. The van der Waals surface area contributed by atoms with Crippen LogP contribution >= 0.6 is 0 Å². The number of piperidine rings is 1. The van der Waals surface area contributed by atoms with Gasteiger partial charge in [-0.2, -0.15) is 0 Å². The number of carbonyl (C=O) groups is 1. The van der Waals surface area contributed by atoms with E-state index < -0.39 is 5.60 Å². The molecule has 6 nitrogen and oxygen atoms in total. The van der Waals surface area contributed by atoms with Crippen LogP contribution in [-0.2, 0) is 4.74 Å². The van der Waals surface area contributed by atoms with E-state index in [4.69, 9.17) is 4.74 Å². The number of amides is 2. The molecule has 1 saturated carbocycles. The number of aliphatic hydroxyl groups is 1. The van der Waals surface area contributed by atoms with Crippen LogP contribution in [0.15, 0.2) is 0 Å². The van der Waals surface area contributed by atoms with Gasteiger partial charge >= 0.3 is 6.03 Å². The van der Waals surface area contributed by atoms with Crippen LogP contribution < -0.4 is 5.32 Å². The smallest absolute Gasteiger partial charge is 0.317 e. The van der Waals surface area contributed by atoms with Crippen LogP contribution in [0.25, 0.3) is 0 Å². The Morgan fingerprint density at radius 1 is 1.25 bits per heavy atom. The van der Waals surface area contributed by atoms with Gasteiger partial charge in [0.05, 0.1) is 5.60 Å². The van der Waals surface area contributed by atoms with E-state index in [0.29, 0.717) is 19.6 Å². The highest BCUT2D eigenvalue weighted by atomic mass is 16.5. The van der Waals surface area contributed by atoms with Gasteiger partial charge in [0, 0.05) is 44.3 Å².